The number of fused-ring (bicyclic) bond motifs is 1. The van der Waals surface area contributed by atoms with Crippen molar-refractivity contribution < 1.29 is 23.1 Å². The van der Waals surface area contributed by atoms with Gasteiger partial charge in [0.25, 0.3) is 5.91 Å². The van der Waals surface area contributed by atoms with Crippen molar-refractivity contribution in [1.29, 1.82) is 0 Å². The van der Waals surface area contributed by atoms with Crippen LogP contribution in [0.15, 0.2) is 48.7 Å². The van der Waals surface area contributed by atoms with Crippen LogP contribution in [0.25, 0.3) is 10.9 Å². The van der Waals surface area contributed by atoms with Crippen molar-refractivity contribution >= 4 is 28.5 Å². The molecule has 0 atom stereocenters. The number of aryl methyl sites for hydroxylation is 1. The Morgan fingerprint density at radius 2 is 1.76 bits per heavy atom. The van der Waals surface area contributed by atoms with Gasteiger partial charge in [-0.1, -0.05) is 24.3 Å². The third kappa shape index (κ3) is 3.35. The number of nitrogens with one attached hydrogen (secondary N) is 1. The molecule has 0 spiro atoms. The molecule has 7 heteroatoms. The van der Waals surface area contributed by atoms with E-state index in [0.717, 1.165) is 17.6 Å². The van der Waals surface area contributed by atoms with Gasteiger partial charge in [0.1, 0.15) is 17.3 Å². The molecule has 128 valence electrons. The van der Waals surface area contributed by atoms with Crippen LogP contribution in [0.1, 0.15) is 10.4 Å². The van der Waals surface area contributed by atoms with E-state index in [-0.39, 0.29) is 0 Å². The lowest BCUT2D eigenvalue weighted by molar-refractivity contribution is -0.119. The summed E-state index contributed by atoms with van der Waals surface area (Å²) >= 11 is 0. The summed E-state index contributed by atoms with van der Waals surface area (Å²) in [7, 11) is 1.78. The fourth-order valence-electron chi connectivity index (χ4n) is 2.51. The second kappa shape index (κ2) is 6.72. The van der Waals surface area contributed by atoms with E-state index in [2.05, 4.69) is 5.32 Å². The minimum Gasteiger partial charge on any atom is -0.452 e. The van der Waals surface area contributed by atoms with Crippen LogP contribution in [0, 0.1) is 11.6 Å². The van der Waals surface area contributed by atoms with Crippen molar-refractivity contribution in [3.63, 3.8) is 0 Å². The van der Waals surface area contributed by atoms with Crippen molar-refractivity contribution in [2.45, 2.75) is 0 Å². The van der Waals surface area contributed by atoms with Crippen molar-refractivity contribution in [2.75, 3.05) is 11.9 Å². The Hall–Kier alpha value is -3.22. The monoisotopic (exact) mass is 344 g/mol. The molecule has 0 fully saturated rings. The molecule has 0 aliphatic rings. The van der Waals surface area contributed by atoms with Crippen LogP contribution < -0.4 is 5.32 Å². The van der Waals surface area contributed by atoms with Gasteiger partial charge < -0.3 is 14.6 Å². The predicted octanol–water partition coefficient (Wildman–Crippen LogP) is 3.25. The molecule has 0 saturated heterocycles. The van der Waals surface area contributed by atoms with E-state index in [0.29, 0.717) is 10.9 Å². The number of hydrogen-bond acceptors (Lipinski definition) is 3. The number of benzene rings is 2. The van der Waals surface area contributed by atoms with E-state index in [1.807, 2.05) is 12.1 Å². The highest BCUT2D eigenvalue weighted by Crippen LogP contribution is 2.21. The topological polar surface area (TPSA) is 60.3 Å². The first kappa shape index (κ1) is 16.6. The Morgan fingerprint density at radius 1 is 1.08 bits per heavy atom. The van der Waals surface area contributed by atoms with Crippen LogP contribution in [0.3, 0.4) is 0 Å². The van der Waals surface area contributed by atoms with Gasteiger partial charge in [-0.3, -0.25) is 4.79 Å². The summed E-state index contributed by atoms with van der Waals surface area (Å²) in [4.78, 5) is 24.0. The Morgan fingerprint density at radius 3 is 2.48 bits per heavy atom. The number of rotatable bonds is 4. The number of ether oxygens (including phenoxy) is 1. The lowest BCUT2D eigenvalue weighted by Crippen LogP contribution is -2.22. The second-order valence-corrected chi connectivity index (χ2v) is 5.39. The van der Waals surface area contributed by atoms with Gasteiger partial charge in [-0.15, -0.1) is 0 Å². The zero-order valence-corrected chi connectivity index (χ0v) is 13.3. The minimum atomic E-state index is -0.909. The van der Waals surface area contributed by atoms with Crippen LogP contribution in [-0.2, 0) is 16.6 Å². The van der Waals surface area contributed by atoms with Gasteiger partial charge in [0.2, 0.25) is 0 Å². The molecule has 0 aliphatic carbocycles. The summed E-state index contributed by atoms with van der Waals surface area (Å²) in [5.74, 6) is -3.35. The number of esters is 1. The highest BCUT2D eigenvalue weighted by atomic mass is 19.1. The molecule has 1 amide bonds. The number of anilines is 1. The summed E-state index contributed by atoms with van der Waals surface area (Å²) in [6.07, 6.45) is 1.60. The van der Waals surface area contributed by atoms with Crippen LogP contribution in [-0.4, -0.2) is 23.1 Å². The van der Waals surface area contributed by atoms with Gasteiger partial charge in [-0.2, -0.15) is 0 Å². The van der Waals surface area contributed by atoms with Gasteiger partial charge in [-0.05, 0) is 18.2 Å². The summed E-state index contributed by atoms with van der Waals surface area (Å²) < 4.78 is 33.7. The van der Waals surface area contributed by atoms with Gasteiger partial charge in [0.15, 0.2) is 6.61 Å². The zero-order valence-electron chi connectivity index (χ0n) is 13.3. The molecule has 25 heavy (non-hydrogen) atoms. The number of nitrogens with zero attached hydrogens (tertiary/aromatic N) is 1. The fraction of sp³-hybridized carbons (Fsp3) is 0.111. The van der Waals surface area contributed by atoms with Crippen LogP contribution in [0.5, 0.6) is 0 Å². The van der Waals surface area contributed by atoms with Crippen LogP contribution in [0.2, 0.25) is 0 Å². The van der Waals surface area contributed by atoms with Crippen LogP contribution >= 0.6 is 0 Å². The van der Waals surface area contributed by atoms with E-state index in [1.165, 1.54) is 6.07 Å². The van der Waals surface area contributed by atoms with Crippen molar-refractivity contribution in [2.24, 2.45) is 7.05 Å². The van der Waals surface area contributed by atoms with E-state index in [1.54, 1.807) is 29.9 Å². The predicted molar refractivity (Wildman–Crippen MR) is 88.2 cm³/mol. The third-order valence-corrected chi connectivity index (χ3v) is 3.68. The zero-order chi connectivity index (χ0) is 18.0. The number of carbonyl (C=O) groups excluding carboxylic acids is 2. The molecule has 0 saturated carbocycles. The summed E-state index contributed by atoms with van der Waals surface area (Å²) in [5, 5.41) is 2.75. The lowest BCUT2D eigenvalue weighted by Gasteiger charge is -2.08. The molecular formula is C18H14F2N2O3. The van der Waals surface area contributed by atoms with E-state index in [9.17, 15) is 18.4 Å². The van der Waals surface area contributed by atoms with Crippen molar-refractivity contribution in [3.8, 4) is 0 Å². The molecule has 2 aromatic carbocycles. The van der Waals surface area contributed by atoms with Crippen molar-refractivity contribution in [1.82, 2.24) is 4.57 Å². The highest BCUT2D eigenvalue weighted by molar-refractivity contribution is 6.05. The van der Waals surface area contributed by atoms with E-state index < -0.39 is 35.8 Å². The molecule has 0 unspecified atom stereocenters. The number of halogens is 2. The summed E-state index contributed by atoms with van der Waals surface area (Å²) in [5.41, 5.74) is 0.573. The van der Waals surface area contributed by atoms with Gasteiger partial charge in [0, 0.05) is 24.1 Å². The standard InChI is InChI=1S/C18H14F2N2O3/c1-22-9-12(11-5-2-3-8-15(11)22)18(24)25-10-16(23)21-17-13(19)6-4-7-14(17)20/h2-9H,10H2,1H3,(H,21,23). The second-order valence-electron chi connectivity index (χ2n) is 5.39. The smallest absolute Gasteiger partial charge is 0.340 e. The van der Waals surface area contributed by atoms with E-state index >= 15 is 0 Å². The lowest BCUT2D eigenvalue weighted by atomic mass is 10.2. The average Bonchev–Trinajstić information content (AvgIpc) is 2.94. The van der Waals surface area contributed by atoms with Crippen molar-refractivity contribution in [3.05, 3.63) is 65.9 Å². The summed E-state index contributed by atoms with van der Waals surface area (Å²) in [6, 6.07) is 10.4. The number of carbonyl (C=O) groups is 2. The first-order valence-electron chi connectivity index (χ1n) is 7.42. The molecule has 0 aliphatic heterocycles. The van der Waals surface area contributed by atoms with Gasteiger partial charge in [-0.25, -0.2) is 13.6 Å². The van der Waals surface area contributed by atoms with Gasteiger partial charge in [0.05, 0.1) is 5.56 Å². The molecule has 5 nitrogen and oxygen atoms in total. The quantitative estimate of drug-likeness (QED) is 0.739. The molecular weight excluding hydrogens is 330 g/mol. The molecule has 1 N–H and O–H groups in total. The maximum atomic E-state index is 13.5. The van der Waals surface area contributed by atoms with Gasteiger partial charge >= 0.3 is 5.97 Å². The SMILES string of the molecule is Cn1cc(C(=O)OCC(=O)Nc2c(F)cccc2F)c2ccccc21. The molecule has 3 aromatic rings. The molecule has 0 radical (unpaired) electrons. The first-order valence-corrected chi connectivity index (χ1v) is 7.42. The van der Waals surface area contributed by atoms with E-state index in [4.69, 9.17) is 4.74 Å². The molecule has 0 bridgehead atoms. The third-order valence-electron chi connectivity index (χ3n) is 3.68. The molecule has 1 aromatic heterocycles. The average molecular weight is 344 g/mol. The maximum Gasteiger partial charge on any atom is 0.340 e. The maximum absolute atomic E-state index is 13.5. The number of para-hydroxylation sites is 2. The Bertz CT molecular complexity index is 946. The Balaban J connectivity index is 1.69. The molecule has 1 heterocycles. The molecule has 3 rings (SSSR count). The number of amides is 1. The normalized spacial score (nSPS) is 10.7. The Kier molecular flexibility index (Phi) is 4.47. The Labute approximate surface area is 141 Å². The van der Waals surface area contributed by atoms with Crippen LogP contribution in [0.4, 0.5) is 14.5 Å². The summed E-state index contributed by atoms with van der Waals surface area (Å²) in [6.45, 7) is -0.657. The highest BCUT2D eigenvalue weighted by Gasteiger charge is 2.17. The number of aromatic nitrogens is 1. The first-order chi connectivity index (χ1) is 12.0. The minimum absolute atomic E-state index is 0.308. The number of hydrogen-bond donors (Lipinski definition) is 1. The largest absolute Gasteiger partial charge is 0.452 e. The fourth-order valence-corrected chi connectivity index (χ4v) is 2.51.